The number of hydrogen-bond acceptors (Lipinski definition) is 6. The first-order chi connectivity index (χ1) is 14.4. The summed E-state index contributed by atoms with van der Waals surface area (Å²) in [5.74, 6) is 0.444. The maximum absolute atomic E-state index is 12.9. The quantitative estimate of drug-likeness (QED) is 0.581. The number of aromatic nitrogens is 3. The van der Waals surface area contributed by atoms with Gasteiger partial charge in [-0.25, -0.2) is 9.78 Å². The molecule has 0 aliphatic rings. The van der Waals surface area contributed by atoms with Crippen molar-refractivity contribution in [2.75, 3.05) is 18.2 Å². The van der Waals surface area contributed by atoms with Gasteiger partial charge in [-0.15, -0.1) is 11.8 Å². The van der Waals surface area contributed by atoms with Gasteiger partial charge in [-0.2, -0.15) is 0 Å². The Balaban J connectivity index is 1.98. The molecular formula is C21H24N4O4S. The maximum atomic E-state index is 12.9. The third-order valence-electron chi connectivity index (χ3n) is 4.74. The first-order valence-electron chi connectivity index (χ1n) is 9.52. The molecule has 0 saturated carbocycles. The van der Waals surface area contributed by atoms with Gasteiger partial charge in [0.1, 0.15) is 11.4 Å². The van der Waals surface area contributed by atoms with Gasteiger partial charge in [-0.05, 0) is 24.1 Å². The zero-order valence-corrected chi connectivity index (χ0v) is 18.2. The number of aryl methyl sites for hydroxylation is 2. The maximum Gasteiger partial charge on any atom is 0.332 e. The molecule has 0 unspecified atom stereocenters. The van der Waals surface area contributed by atoms with E-state index in [1.165, 1.54) is 23.4 Å². The minimum absolute atomic E-state index is 0.0971. The van der Waals surface area contributed by atoms with Gasteiger partial charge in [-0.3, -0.25) is 18.7 Å². The molecule has 9 heteroatoms. The molecule has 0 saturated heterocycles. The minimum Gasteiger partial charge on any atom is -0.495 e. The molecule has 0 radical (unpaired) electrons. The second-order valence-corrected chi connectivity index (χ2v) is 7.79. The number of nitrogens with zero attached hydrogens (tertiary/aromatic N) is 3. The molecule has 8 nitrogen and oxygen atoms in total. The van der Waals surface area contributed by atoms with E-state index < -0.39 is 11.2 Å². The van der Waals surface area contributed by atoms with E-state index in [4.69, 9.17) is 4.74 Å². The Hall–Kier alpha value is -3.07. The number of nitrogens with one attached hydrogen (secondary N) is 1. The molecule has 3 rings (SSSR count). The molecule has 0 aliphatic carbocycles. The summed E-state index contributed by atoms with van der Waals surface area (Å²) >= 11 is 1.27. The summed E-state index contributed by atoms with van der Waals surface area (Å²) in [7, 11) is 4.57. The number of thioether (sulfide) groups is 1. The number of carbonyl (C=O) groups is 1. The van der Waals surface area contributed by atoms with Gasteiger partial charge in [0.25, 0.3) is 5.56 Å². The molecule has 1 amide bonds. The highest BCUT2D eigenvalue weighted by Crippen LogP contribution is 2.30. The number of fused-ring (bicyclic) bond motifs is 1. The largest absolute Gasteiger partial charge is 0.495 e. The number of para-hydroxylation sites is 2. The summed E-state index contributed by atoms with van der Waals surface area (Å²) in [6.07, 6.45) is 3.26. The number of anilines is 1. The fourth-order valence-electron chi connectivity index (χ4n) is 3.23. The Bertz CT molecular complexity index is 1220. The predicted octanol–water partition coefficient (Wildman–Crippen LogP) is 2.32. The van der Waals surface area contributed by atoms with Crippen LogP contribution in [0.5, 0.6) is 5.75 Å². The molecule has 3 aromatic rings. The van der Waals surface area contributed by atoms with Gasteiger partial charge in [0.05, 0.1) is 23.9 Å². The minimum atomic E-state index is -0.437. The highest BCUT2D eigenvalue weighted by molar-refractivity contribution is 8.00. The number of pyridine rings is 1. The van der Waals surface area contributed by atoms with Gasteiger partial charge in [0.2, 0.25) is 5.91 Å². The Morgan fingerprint density at radius 2 is 1.93 bits per heavy atom. The van der Waals surface area contributed by atoms with Crippen LogP contribution >= 0.6 is 11.8 Å². The van der Waals surface area contributed by atoms with Gasteiger partial charge in [0.15, 0.2) is 0 Å². The lowest BCUT2D eigenvalue weighted by atomic mass is 10.1. The van der Waals surface area contributed by atoms with Crippen LogP contribution in [-0.4, -0.2) is 32.9 Å². The Morgan fingerprint density at radius 1 is 1.20 bits per heavy atom. The first kappa shape index (κ1) is 21.6. The monoisotopic (exact) mass is 428 g/mol. The van der Waals surface area contributed by atoms with Gasteiger partial charge >= 0.3 is 5.69 Å². The number of ether oxygens (including phenoxy) is 1. The van der Waals surface area contributed by atoms with Crippen LogP contribution in [0.25, 0.3) is 11.0 Å². The number of hydrogen-bond donors (Lipinski definition) is 1. The Labute approximate surface area is 177 Å². The molecule has 0 bridgehead atoms. The van der Waals surface area contributed by atoms with Crippen molar-refractivity contribution < 1.29 is 9.53 Å². The van der Waals surface area contributed by atoms with E-state index in [1.807, 2.05) is 19.1 Å². The van der Waals surface area contributed by atoms with Gasteiger partial charge < -0.3 is 10.1 Å². The number of rotatable bonds is 7. The Morgan fingerprint density at radius 3 is 2.63 bits per heavy atom. The molecular weight excluding hydrogens is 404 g/mol. The molecule has 1 N–H and O–H groups in total. The molecule has 1 aromatic carbocycles. The summed E-state index contributed by atoms with van der Waals surface area (Å²) in [6.45, 7) is 2.03. The summed E-state index contributed by atoms with van der Waals surface area (Å²) in [6, 6.07) is 7.16. The van der Waals surface area contributed by atoms with Crippen molar-refractivity contribution in [1.29, 1.82) is 0 Å². The average molecular weight is 429 g/mol. The average Bonchev–Trinajstić information content (AvgIpc) is 2.75. The number of carbonyl (C=O) groups excluding carboxylic acids is 1. The van der Waals surface area contributed by atoms with Crippen LogP contribution in [0, 0.1) is 0 Å². The van der Waals surface area contributed by atoms with Crippen molar-refractivity contribution in [2.45, 2.75) is 24.7 Å². The van der Waals surface area contributed by atoms with Crippen LogP contribution in [0.2, 0.25) is 0 Å². The third-order valence-corrected chi connectivity index (χ3v) is 5.90. The van der Waals surface area contributed by atoms with Crippen LogP contribution in [0.1, 0.15) is 18.9 Å². The molecule has 0 atom stereocenters. The lowest BCUT2D eigenvalue weighted by molar-refractivity contribution is -0.113. The molecule has 2 aromatic heterocycles. The van der Waals surface area contributed by atoms with Crippen LogP contribution in [0.4, 0.5) is 5.69 Å². The summed E-state index contributed by atoms with van der Waals surface area (Å²) < 4.78 is 7.69. The summed E-state index contributed by atoms with van der Waals surface area (Å²) in [5.41, 5.74) is 0.933. The predicted molar refractivity (Wildman–Crippen MR) is 119 cm³/mol. The molecule has 0 spiro atoms. The van der Waals surface area contributed by atoms with Crippen molar-refractivity contribution in [3.63, 3.8) is 0 Å². The van der Waals surface area contributed by atoms with Crippen molar-refractivity contribution in [3.05, 3.63) is 56.9 Å². The zero-order valence-electron chi connectivity index (χ0n) is 17.4. The van der Waals surface area contributed by atoms with Crippen molar-refractivity contribution >= 4 is 34.4 Å². The summed E-state index contributed by atoms with van der Waals surface area (Å²) in [5, 5.41) is 3.20. The van der Waals surface area contributed by atoms with Crippen molar-refractivity contribution in [3.8, 4) is 5.75 Å². The standard InChI is InChI=1S/C21H24N4O4S/c1-5-8-13-11-22-19-17(20(27)25(3)21(28)24(19)2)18(13)30-12-16(26)23-14-9-6-7-10-15(14)29-4/h6-7,9-11H,5,8,12H2,1-4H3,(H,23,26). The fourth-order valence-corrected chi connectivity index (χ4v) is 4.24. The van der Waals surface area contributed by atoms with E-state index in [0.29, 0.717) is 33.8 Å². The fraction of sp³-hybridized carbons (Fsp3) is 0.333. The zero-order chi connectivity index (χ0) is 21.8. The van der Waals surface area contributed by atoms with Crippen LogP contribution < -0.4 is 21.3 Å². The Kier molecular flexibility index (Phi) is 6.61. The van der Waals surface area contributed by atoms with E-state index in [9.17, 15) is 14.4 Å². The number of methoxy groups -OCH3 is 1. The molecule has 0 aliphatic heterocycles. The summed E-state index contributed by atoms with van der Waals surface area (Å²) in [4.78, 5) is 42.8. The normalized spacial score (nSPS) is 10.9. The number of benzene rings is 1. The highest BCUT2D eigenvalue weighted by Gasteiger charge is 2.18. The van der Waals surface area contributed by atoms with Crippen LogP contribution in [-0.2, 0) is 25.3 Å². The third kappa shape index (κ3) is 4.11. The second kappa shape index (κ2) is 9.17. The topological polar surface area (TPSA) is 95.2 Å². The molecule has 158 valence electrons. The first-order valence-corrected chi connectivity index (χ1v) is 10.5. The van der Waals surface area contributed by atoms with Gasteiger partial charge in [0, 0.05) is 25.2 Å². The second-order valence-electron chi connectivity index (χ2n) is 6.80. The van der Waals surface area contributed by atoms with Gasteiger partial charge in [-0.1, -0.05) is 25.5 Å². The SMILES string of the molecule is CCCc1cnc2c(c1SCC(=O)Nc1ccccc1OC)c(=O)n(C)c(=O)n2C. The van der Waals surface area contributed by atoms with E-state index in [-0.39, 0.29) is 11.7 Å². The van der Waals surface area contributed by atoms with E-state index in [1.54, 1.807) is 32.5 Å². The van der Waals surface area contributed by atoms with Crippen LogP contribution in [0.3, 0.4) is 0 Å². The van der Waals surface area contributed by atoms with E-state index in [0.717, 1.165) is 16.6 Å². The van der Waals surface area contributed by atoms with Crippen LogP contribution in [0.15, 0.2) is 44.9 Å². The highest BCUT2D eigenvalue weighted by atomic mass is 32.2. The van der Waals surface area contributed by atoms with E-state index in [2.05, 4.69) is 10.3 Å². The lowest BCUT2D eigenvalue weighted by Gasteiger charge is -2.14. The lowest BCUT2D eigenvalue weighted by Crippen LogP contribution is -2.37. The molecule has 2 heterocycles. The molecule has 30 heavy (non-hydrogen) atoms. The number of amides is 1. The molecule has 0 fully saturated rings. The van der Waals surface area contributed by atoms with E-state index >= 15 is 0 Å². The van der Waals surface area contributed by atoms with Crippen molar-refractivity contribution in [2.24, 2.45) is 14.1 Å². The van der Waals surface area contributed by atoms with Crippen molar-refractivity contribution in [1.82, 2.24) is 14.1 Å². The smallest absolute Gasteiger partial charge is 0.332 e.